The molecule has 1 aliphatic rings. The van der Waals surface area contributed by atoms with Crippen molar-refractivity contribution in [2.75, 3.05) is 0 Å². The van der Waals surface area contributed by atoms with Gasteiger partial charge in [0.2, 0.25) is 0 Å². The second-order valence-electron chi connectivity index (χ2n) is 5.82. The van der Waals surface area contributed by atoms with E-state index in [2.05, 4.69) is 0 Å². The fraction of sp³-hybridized carbons (Fsp3) is 0.533. The molecule has 0 bridgehead atoms. The van der Waals surface area contributed by atoms with Crippen LogP contribution in [0.3, 0.4) is 0 Å². The molecule has 2 atom stereocenters. The van der Waals surface area contributed by atoms with Crippen molar-refractivity contribution in [1.29, 1.82) is 0 Å². The summed E-state index contributed by atoms with van der Waals surface area (Å²) in [4.78, 5) is 11.6. The Morgan fingerprint density at radius 3 is 2.53 bits per heavy atom. The number of aliphatic hydroxyl groups excluding tert-OH is 1. The van der Waals surface area contributed by atoms with Crippen molar-refractivity contribution in [2.24, 2.45) is 5.41 Å². The number of carbonyl (C=O) groups is 1. The second kappa shape index (κ2) is 4.53. The predicted molar refractivity (Wildman–Crippen MR) is 71.0 cm³/mol. The summed E-state index contributed by atoms with van der Waals surface area (Å²) >= 11 is 0. The topological polar surface area (TPSA) is 77.8 Å². The van der Waals surface area contributed by atoms with Crippen molar-refractivity contribution in [2.45, 2.75) is 45.1 Å². The Balaban J connectivity index is 2.50. The molecule has 0 radical (unpaired) electrons. The highest BCUT2D eigenvalue weighted by molar-refractivity contribution is 5.77. The Bertz CT molecular complexity index is 511. The van der Waals surface area contributed by atoms with Gasteiger partial charge in [-0.2, -0.15) is 0 Å². The zero-order valence-electron chi connectivity index (χ0n) is 11.3. The number of carboxylic acids is 1. The van der Waals surface area contributed by atoms with Crippen molar-refractivity contribution in [3.63, 3.8) is 0 Å². The molecule has 0 spiro atoms. The molecule has 104 valence electrons. The third kappa shape index (κ3) is 1.91. The van der Waals surface area contributed by atoms with Crippen LogP contribution in [-0.4, -0.2) is 21.3 Å². The van der Waals surface area contributed by atoms with Gasteiger partial charge in [-0.05, 0) is 31.4 Å². The molecule has 0 saturated heterocycles. The van der Waals surface area contributed by atoms with E-state index >= 15 is 0 Å². The van der Waals surface area contributed by atoms with Crippen LogP contribution in [0.2, 0.25) is 0 Å². The number of rotatable bonds is 3. The molecule has 0 aliphatic heterocycles. The van der Waals surface area contributed by atoms with E-state index < -0.39 is 16.8 Å². The molecule has 2 rings (SSSR count). The number of benzene rings is 1. The van der Waals surface area contributed by atoms with Crippen LogP contribution in [-0.2, 0) is 16.8 Å². The van der Waals surface area contributed by atoms with E-state index in [9.17, 15) is 15.0 Å². The van der Waals surface area contributed by atoms with Gasteiger partial charge in [-0.25, -0.2) is 0 Å². The first-order chi connectivity index (χ1) is 8.85. The zero-order valence-corrected chi connectivity index (χ0v) is 11.3. The third-order valence-corrected chi connectivity index (χ3v) is 4.94. The van der Waals surface area contributed by atoms with Gasteiger partial charge in [0.25, 0.3) is 0 Å². The molecule has 1 aromatic rings. The van der Waals surface area contributed by atoms with Crippen LogP contribution in [0.5, 0.6) is 5.75 Å². The van der Waals surface area contributed by atoms with Crippen LogP contribution in [0.4, 0.5) is 0 Å². The molecule has 19 heavy (non-hydrogen) atoms. The largest absolute Gasteiger partial charge is 0.508 e. The lowest BCUT2D eigenvalue weighted by atomic mass is 9.64. The highest BCUT2D eigenvalue weighted by atomic mass is 16.4. The van der Waals surface area contributed by atoms with Crippen molar-refractivity contribution in [3.8, 4) is 5.75 Å². The summed E-state index contributed by atoms with van der Waals surface area (Å²) in [5.74, 6) is -0.765. The van der Waals surface area contributed by atoms with E-state index in [4.69, 9.17) is 5.11 Å². The number of aromatic hydroxyl groups is 1. The Kier molecular flexibility index (Phi) is 3.31. The summed E-state index contributed by atoms with van der Waals surface area (Å²) in [7, 11) is 0. The molecule has 1 aliphatic carbocycles. The van der Waals surface area contributed by atoms with Crippen LogP contribution < -0.4 is 0 Å². The summed E-state index contributed by atoms with van der Waals surface area (Å²) in [5.41, 5.74) is -0.0308. The van der Waals surface area contributed by atoms with Crippen molar-refractivity contribution >= 4 is 5.97 Å². The fourth-order valence-corrected chi connectivity index (χ4v) is 3.19. The molecule has 1 fully saturated rings. The molecule has 1 saturated carbocycles. The standard InChI is InChI=1S/C15H20O4/c1-14(6-3-7-15(14,2)13(18)19)11-5-4-10(9-16)12(17)8-11/h4-5,8,16-17H,3,6-7,9H2,1-2H3,(H,18,19)/t14-,15-/m1/s1. The average Bonchev–Trinajstić information content (AvgIpc) is 2.68. The molecule has 0 aromatic heterocycles. The van der Waals surface area contributed by atoms with Crippen molar-refractivity contribution in [1.82, 2.24) is 0 Å². The predicted octanol–water partition coefficient (Wildman–Crippen LogP) is 2.42. The summed E-state index contributed by atoms with van der Waals surface area (Å²) < 4.78 is 0. The molecule has 4 heteroatoms. The van der Waals surface area contributed by atoms with Gasteiger partial charge in [0.15, 0.2) is 0 Å². The molecule has 0 unspecified atom stereocenters. The quantitative estimate of drug-likeness (QED) is 0.783. The van der Waals surface area contributed by atoms with Crippen molar-refractivity contribution in [3.05, 3.63) is 29.3 Å². The first-order valence-electron chi connectivity index (χ1n) is 6.52. The van der Waals surface area contributed by atoms with Crippen LogP contribution in [0.15, 0.2) is 18.2 Å². The van der Waals surface area contributed by atoms with Crippen LogP contribution in [0.1, 0.15) is 44.2 Å². The Hall–Kier alpha value is -1.55. The molecule has 0 amide bonds. The van der Waals surface area contributed by atoms with Gasteiger partial charge in [-0.15, -0.1) is 0 Å². The number of carboxylic acid groups (broad SMARTS) is 1. The lowest BCUT2D eigenvalue weighted by molar-refractivity contribution is -0.150. The Morgan fingerprint density at radius 2 is 2.00 bits per heavy atom. The molecule has 1 aromatic carbocycles. The number of hydrogen-bond acceptors (Lipinski definition) is 3. The summed E-state index contributed by atoms with van der Waals surface area (Å²) in [5, 5.41) is 28.5. The summed E-state index contributed by atoms with van der Waals surface area (Å²) in [6, 6.07) is 5.08. The number of aliphatic carboxylic acids is 1. The first kappa shape index (κ1) is 13.9. The van der Waals surface area contributed by atoms with Crippen LogP contribution >= 0.6 is 0 Å². The van der Waals surface area contributed by atoms with Gasteiger partial charge < -0.3 is 15.3 Å². The highest BCUT2D eigenvalue weighted by Crippen LogP contribution is 2.54. The maximum Gasteiger partial charge on any atom is 0.310 e. The van der Waals surface area contributed by atoms with Gasteiger partial charge in [0.1, 0.15) is 5.75 Å². The lowest BCUT2D eigenvalue weighted by Crippen LogP contribution is -2.42. The van der Waals surface area contributed by atoms with E-state index in [0.717, 1.165) is 18.4 Å². The van der Waals surface area contributed by atoms with E-state index in [1.54, 1.807) is 19.1 Å². The minimum atomic E-state index is -0.819. The maximum absolute atomic E-state index is 11.6. The highest BCUT2D eigenvalue weighted by Gasteiger charge is 2.54. The number of phenols is 1. The lowest BCUT2D eigenvalue weighted by Gasteiger charge is -2.38. The summed E-state index contributed by atoms with van der Waals surface area (Å²) in [6.07, 6.45) is 2.29. The molecule has 0 heterocycles. The van der Waals surface area contributed by atoms with Gasteiger partial charge in [-0.1, -0.05) is 25.5 Å². The smallest absolute Gasteiger partial charge is 0.310 e. The average molecular weight is 264 g/mol. The van der Waals surface area contributed by atoms with E-state index in [0.29, 0.717) is 12.0 Å². The molecule has 3 N–H and O–H groups in total. The van der Waals surface area contributed by atoms with Crippen LogP contribution in [0, 0.1) is 5.41 Å². The van der Waals surface area contributed by atoms with Gasteiger partial charge in [0.05, 0.1) is 12.0 Å². The first-order valence-corrected chi connectivity index (χ1v) is 6.52. The summed E-state index contributed by atoms with van der Waals surface area (Å²) in [6.45, 7) is 3.50. The second-order valence-corrected chi connectivity index (χ2v) is 5.82. The SMILES string of the molecule is C[C@]1(C(=O)O)CCC[C@]1(C)c1ccc(CO)c(O)c1. The minimum Gasteiger partial charge on any atom is -0.508 e. The molecular weight excluding hydrogens is 244 g/mol. The van der Waals surface area contributed by atoms with Crippen molar-refractivity contribution < 1.29 is 20.1 Å². The minimum absolute atomic E-state index is 0.0286. The number of hydrogen-bond donors (Lipinski definition) is 3. The zero-order chi connectivity index (χ0) is 14.3. The third-order valence-electron chi connectivity index (χ3n) is 4.94. The van der Waals surface area contributed by atoms with Gasteiger partial charge in [-0.3, -0.25) is 4.79 Å². The maximum atomic E-state index is 11.6. The molecular formula is C15H20O4. The van der Waals surface area contributed by atoms with E-state index in [-0.39, 0.29) is 12.4 Å². The molecule has 4 nitrogen and oxygen atoms in total. The fourth-order valence-electron chi connectivity index (χ4n) is 3.19. The Morgan fingerprint density at radius 1 is 1.32 bits per heavy atom. The Labute approximate surface area is 112 Å². The monoisotopic (exact) mass is 264 g/mol. The number of aliphatic hydroxyl groups is 1. The van der Waals surface area contributed by atoms with Gasteiger partial charge >= 0.3 is 5.97 Å². The normalized spacial score (nSPS) is 30.5. The van der Waals surface area contributed by atoms with Crippen LogP contribution in [0.25, 0.3) is 0 Å². The van der Waals surface area contributed by atoms with E-state index in [1.165, 1.54) is 0 Å². The van der Waals surface area contributed by atoms with Gasteiger partial charge in [0, 0.05) is 11.0 Å². The van der Waals surface area contributed by atoms with E-state index in [1.807, 2.05) is 13.0 Å².